The molecule has 0 saturated carbocycles. The molecule has 3 rings (SSSR count). The molecule has 26 heavy (non-hydrogen) atoms. The van der Waals surface area contributed by atoms with Crippen molar-refractivity contribution in [2.75, 3.05) is 27.3 Å². The fraction of sp³-hybridized carbons (Fsp3) is 0.556. The van der Waals surface area contributed by atoms with Crippen LogP contribution in [-0.4, -0.2) is 58.3 Å². The number of carbonyl (C=O) groups is 1. The Morgan fingerprint density at radius 2 is 1.92 bits per heavy atom. The third-order valence-corrected chi connectivity index (χ3v) is 4.72. The summed E-state index contributed by atoms with van der Waals surface area (Å²) in [5.41, 5.74) is 2.53. The Bertz CT molecular complexity index is 744. The molecule has 1 aliphatic heterocycles. The van der Waals surface area contributed by atoms with Gasteiger partial charge in [-0.25, -0.2) is 0 Å². The molecule has 8 nitrogen and oxygen atoms in total. The van der Waals surface area contributed by atoms with Crippen LogP contribution in [-0.2, 0) is 0 Å². The van der Waals surface area contributed by atoms with E-state index in [1.165, 1.54) is 14.2 Å². The zero-order valence-corrected chi connectivity index (χ0v) is 15.7. The molecule has 0 radical (unpaired) electrons. The number of aromatic nitrogens is 4. The summed E-state index contributed by atoms with van der Waals surface area (Å²) in [7, 11) is 2.96. The highest BCUT2D eigenvalue weighted by Gasteiger charge is 2.27. The van der Waals surface area contributed by atoms with Crippen molar-refractivity contribution < 1.29 is 14.3 Å². The van der Waals surface area contributed by atoms with Crippen molar-refractivity contribution in [2.45, 2.75) is 38.5 Å². The molecule has 0 atom stereocenters. The van der Waals surface area contributed by atoms with Gasteiger partial charge in [0.1, 0.15) is 5.69 Å². The van der Waals surface area contributed by atoms with Gasteiger partial charge in [-0.15, -0.1) is 0 Å². The number of methoxy groups -OCH3 is 2. The van der Waals surface area contributed by atoms with Crippen molar-refractivity contribution in [3.05, 3.63) is 29.2 Å². The molecule has 0 bridgehead atoms. The lowest BCUT2D eigenvalue weighted by atomic mass is 9.92. The fourth-order valence-corrected chi connectivity index (χ4v) is 3.12. The first-order valence-electron chi connectivity index (χ1n) is 8.83. The average molecular weight is 359 g/mol. The van der Waals surface area contributed by atoms with Crippen LogP contribution < -0.4 is 9.47 Å². The van der Waals surface area contributed by atoms with Crippen molar-refractivity contribution in [2.24, 2.45) is 0 Å². The molecule has 0 unspecified atom stereocenters. The van der Waals surface area contributed by atoms with Gasteiger partial charge < -0.3 is 14.4 Å². The van der Waals surface area contributed by atoms with Crippen LogP contribution >= 0.6 is 0 Å². The largest absolute Gasteiger partial charge is 0.481 e. The molecular formula is C18H25N5O3. The Balaban J connectivity index is 1.66. The van der Waals surface area contributed by atoms with Crippen LogP contribution in [0.5, 0.6) is 11.9 Å². The number of piperidine rings is 1. The molecular weight excluding hydrogens is 334 g/mol. The summed E-state index contributed by atoms with van der Waals surface area (Å²) in [4.78, 5) is 22.8. The number of carbonyl (C=O) groups excluding carboxylic acids is 1. The van der Waals surface area contributed by atoms with Gasteiger partial charge in [0.2, 0.25) is 5.88 Å². The second kappa shape index (κ2) is 7.72. The second-order valence-corrected chi connectivity index (χ2v) is 6.75. The van der Waals surface area contributed by atoms with E-state index in [-0.39, 0.29) is 17.6 Å². The van der Waals surface area contributed by atoms with Gasteiger partial charge in [-0.05, 0) is 24.8 Å². The van der Waals surface area contributed by atoms with Gasteiger partial charge in [-0.3, -0.25) is 9.89 Å². The maximum absolute atomic E-state index is 12.8. The second-order valence-electron chi connectivity index (χ2n) is 6.75. The molecule has 1 saturated heterocycles. The summed E-state index contributed by atoms with van der Waals surface area (Å²) in [6.45, 7) is 5.61. The Kier molecular flexibility index (Phi) is 5.39. The number of nitrogens with zero attached hydrogens (tertiary/aromatic N) is 4. The highest BCUT2D eigenvalue weighted by atomic mass is 16.5. The van der Waals surface area contributed by atoms with E-state index in [2.05, 4.69) is 40.1 Å². The SMILES string of the molecule is COc1cc(C(=O)N2CCC(c3cc(C(C)C)n[nH]3)CC2)nc(OC)n1. The molecule has 2 aromatic rings. The molecule has 1 fully saturated rings. The lowest BCUT2D eigenvalue weighted by Crippen LogP contribution is -2.38. The van der Waals surface area contributed by atoms with Crippen LogP contribution in [0, 0.1) is 0 Å². The van der Waals surface area contributed by atoms with Gasteiger partial charge in [0.15, 0.2) is 0 Å². The highest BCUT2D eigenvalue weighted by Crippen LogP contribution is 2.29. The van der Waals surface area contributed by atoms with Crippen LogP contribution in [0.3, 0.4) is 0 Å². The number of ether oxygens (including phenoxy) is 2. The Hall–Kier alpha value is -2.64. The number of H-pyrrole nitrogens is 1. The van der Waals surface area contributed by atoms with E-state index in [0.717, 1.165) is 24.2 Å². The molecule has 8 heteroatoms. The van der Waals surface area contributed by atoms with E-state index < -0.39 is 0 Å². The quantitative estimate of drug-likeness (QED) is 0.881. The topological polar surface area (TPSA) is 93.2 Å². The summed E-state index contributed by atoms with van der Waals surface area (Å²) in [5.74, 6) is 0.988. The number of aromatic amines is 1. The highest BCUT2D eigenvalue weighted by molar-refractivity contribution is 5.92. The molecule has 3 heterocycles. The summed E-state index contributed by atoms with van der Waals surface area (Å²) >= 11 is 0. The maximum Gasteiger partial charge on any atom is 0.320 e. The average Bonchev–Trinajstić information content (AvgIpc) is 3.17. The summed E-state index contributed by atoms with van der Waals surface area (Å²) < 4.78 is 10.2. The van der Waals surface area contributed by atoms with E-state index in [1.807, 2.05) is 4.90 Å². The molecule has 1 amide bonds. The van der Waals surface area contributed by atoms with Crippen LogP contribution in [0.1, 0.15) is 60.4 Å². The monoisotopic (exact) mass is 359 g/mol. The number of hydrogen-bond donors (Lipinski definition) is 1. The third kappa shape index (κ3) is 3.79. The number of likely N-dealkylation sites (tertiary alicyclic amines) is 1. The van der Waals surface area contributed by atoms with Gasteiger partial charge in [0, 0.05) is 30.8 Å². The molecule has 1 N–H and O–H groups in total. The standard InChI is InChI=1S/C18H25N5O3/c1-11(2)13-9-14(22-21-13)12-5-7-23(8-6-12)17(24)15-10-16(25-3)20-18(19-15)26-4/h9-12H,5-8H2,1-4H3,(H,21,22). The minimum atomic E-state index is -0.130. The van der Waals surface area contributed by atoms with Crippen LogP contribution in [0.4, 0.5) is 0 Å². The van der Waals surface area contributed by atoms with Crippen molar-refractivity contribution in [3.63, 3.8) is 0 Å². The van der Waals surface area contributed by atoms with Gasteiger partial charge in [-0.2, -0.15) is 15.1 Å². The molecule has 1 aliphatic rings. The zero-order chi connectivity index (χ0) is 18.7. The van der Waals surface area contributed by atoms with Gasteiger partial charge in [0.25, 0.3) is 5.91 Å². The normalized spacial score (nSPS) is 15.3. The minimum Gasteiger partial charge on any atom is -0.481 e. The Labute approximate surface area is 152 Å². The van der Waals surface area contributed by atoms with E-state index in [9.17, 15) is 4.79 Å². The fourth-order valence-electron chi connectivity index (χ4n) is 3.12. The van der Waals surface area contributed by atoms with Crippen LogP contribution in [0.2, 0.25) is 0 Å². The number of rotatable bonds is 5. The van der Waals surface area contributed by atoms with E-state index in [0.29, 0.717) is 30.8 Å². The minimum absolute atomic E-state index is 0.126. The molecule has 2 aromatic heterocycles. The Morgan fingerprint density at radius 1 is 1.19 bits per heavy atom. The summed E-state index contributed by atoms with van der Waals surface area (Å²) in [6.07, 6.45) is 1.79. The lowest BCUT2D eigenvalue weighted by molar-refractivity contribution is 0.0704. The van der Waals surface area contributed by atoms with Crippen molar-refractivity contribution in [1.29, 1.82) is 0 Å². The van der Waals surface area contributed by atoms with Crippen molar-refractivity contribution in [3.8, 4) is 11.9 Å². The van der Waals surface area contributed by atoms with Crippen LogP contribution in [0.25, 0.3) is 0 Å². The summed E-state index contributed by atoms with van der Waals surface area (Å²) in [5, 5.41) is 7.54. The lowest BCUT2D eigenvalue weighted by Gasteiger charge is -2.31. The van der Waals surface area contributed by atoms with Crippen LogP contribution in [0.15, 0.2) is 12.1 Å². The smallest absolute Gasteiger partial charge is 0.320 e. The van der Waals surface area contributed by atoms with E-state index >= 15 is 0 Å². The molecule has 140 valence electrons. The van der Waals surface area contributed by atoms with Crippen molar-refractivity contribution >= 4 is 5.91 Å². The molecule has 0 spiro atoms. The van der Waals surface area contributed by atoms with E-state index in [1.54, 1.807) is 6.07 Å². The maximum atomic E-state index is 12.8. The third-order valence-electron chi connectivity index (χ3n) is 4.72. The summed E-state index contributed by atoms with van der Waals surface area (Å²) in [6, 6.07) is 3.81. The van der Waals surface area contributed by atoms with Gasteiger partial charge in [0.05, 0.1) is 19.9 Å². The molecule has 0 aromatic carbocycles. The van der Waals surface area contributed by atoms with Gasteiger partial charge >= 0.3 is 6.01 Å². The zero-order valence-electron chi connectivity index (χ0n) is 15.7. The van der Waals surface area contributed by atoms with Crippen molar-refractivity contribution in [1.82, 2.24) is 25.1 Å². The molecule has 0 aliphatic carbocycles. The predicted octanol–water partition coefficient (Wildman–Crippen LogP) is 2.36. The first-order chi connectivity index (χ1) is 12.5. The number of hydrogen-bond acceptors (Lipinski definition) is 6. The Morgan fingerprint density at radius 3 is 2.50 bits per heavy atom. The number of nitrogens with one attached hydrogen (secondary N) is 1. The predicted molar refractivity (Wildman–Crippen MR) is 95.7 cm³/mol. The van der Waals surface area contributed by atoms with E-state index in [4.69, 9.17) is 9.47 Å². The van der Waals surface area contributed by atoms with Gasteiger partial charge in [-0.1, -0.05) is 13.8 Å². The number of amides is 1. The first-order valence-corrected chi connectivity index (χ1v) is 8.83. The first kappa shape index (κ1) is 18.2.